The van der Waals surface area contributed by atoms with Gasteiger partial charge in [0.05, 0.1) is 17.6 Å². The third-order valence-electron chi connectivity index (χ3n) is 2.41. The molecule has 2 aromatic rings. The van der Waals surface area contributed by atoms with Gasteiger partial charge in [-0.2, -0.15) is 0 Å². The van der Waals surface area contributed by atoms with Crippen molar-refractivity contribution in [3.63, 3.8) is 0 Å². The number of nitrogen functional groups attached to an aromatic ring is 1. The fourth-order valence-corrected chi connectivity index (χ4v) is 1.96. The standard InChI is InChI=1S/C12H9BrF2N4O/c13-8-3-6(14)4-9(15)11(8)18-12(20)10-2-1-7(19-16)5-17-10/h1-5,19H,16H2,(H,18,20). The number of nitrogens with one attached hydrogen (secondary N) is 2. The van der Waals surface area contributed by atoms with Crippen LogP contribution in [0.25, 0.3) is 0 Å². The first-order chi connectivity index (χ1) is 9.51. The Balaban J connectivity index is 2.23. The van der Waals surface area contributed by atoms with Crippen molar-refractivity contribution in [3.8, 4) is 0 Å². The summed E-state index contributed by atoms with van der Waals surface area (Å²) in [5.74, 6) is 2.92. The van der Waals surface area contributed by atoms with Gasteiger partial charge < -0.3 is 10.7 Å². The van der Waals surface area contributed by atoms with Crippen LogP contribution >= 0.6 is 15.9 Å². The molecule has 0 bridgehead atoms. The van der Waals surface area contributed by atoms with E-state index in [1.54, 1.807) is 0 Å². The highest BCUT2D eigenvalue weighted by molar-refractivity contribution is 9.10. The fraction of sp³-hybridized carbons (Fsp3) is 0. The van der Waals surface area contributed by atoms with Gasteiger partial charge in [0.15, 0.2) is 5.82 Å². The van der Waals surface area contributed by atoms with Crippen molar-refractivity contribution < 1.29 is 13.6 Å². The number of benzene rings is 1. The van der Waals surface area contributed by atoms with Crippen LogP contribution in [0.1, 0.15) is 10.5 Å². The van der Waals surface area contributed by atoms with Crippen LogP contribution in [0, 0.1) is 11.6 Å². The molecule has 0 saturated heterocycles. The molecule has 0 aliphatic heterocycles. The lowest BCUT2D eigenvalue weighted by Crippen LogP contribution is -2.16. The second kappa shape index (κ2) is 5.93. The Kier molecular flexibility index (Phi) is 4.26. The van der Waals surface area contributed by atoms with Crippen molar-refractivity contribution in [2.75, 3.05) is 10.7 Å². The molecule has 4 N–H and O–H groups in total. The maximum absolute atomic E-state index is 13.6. The number of carbonyl (C=O) groups excluding carboxylic acids is 1. The quantitative estimate of drug-likeness (QED) is 0.591. The van der Waals surface area contributed by atoms with Crippen LogP contribution in [-0.2, 0) is 0 Å². The molecular formula is C12H9BrF2N4O. The van der Waals surface area contributed by atoms with Gasteiger partial charge in [0.1, 0.15) is 11.5 Å². The number of rotatable bonds is 3. The summed E-state index contributed by atoms with van der Waals surface area (Å²) >= 11 is 2.98. The van der Waals surface area contributed by atoms with Gasteiger partial charge in [0.2, 0.25) is 0 Å². The zero-order valence-corrected chi connectivity index (χ0v) is 11.5. The number of carbonyl (C=O) groups is 1. The molecule has 5 nitrogen and oxygen atoms in total. The summed E-state index contributed by atoms with van der Waals surface area (Å²) in [6, 6.07) is 4.68. The van der Waals surface area contributed by atoms with Gasteiger partial charge >= 0.3 is 0 Å². The zero-order valence-electron chi connectivity index (χ0n) is 9.95. The molecule has 0 saturated carbocycles. The van der Waals surface area contributed by atoms with Crippen molar-refractivity contribution in [3.05, 3.63) is 52.3 Å². The van der Waals surface area contributed by atoms with Crippen LogP contribution < -0.4 is 16.6 Å². The van der Waals surface area contributed by atoms with E-state index in [0.29, 0.717) is 11.8 Å². The highest BCUT2D eigenvalue weighted by Gasteiger charge is 2.14. The minimum Gasteiger partial charge on any atom is -0.323 e. The molecule has 0 fully saturated rings. The predicted octanol–water partition coefficient (Wildman–Crippen LogP) is 2.66. The molecule has 0 aliphatic rings. The van der Waals surface area contributed by atoms with Crippen molar-refractivity contribution in [2.24, 2.45) is 5.84 Å². The summed E-state index contributed by atoms with van der Waals surface area (Å²) in [4.78, 5) is 15.8. The zero-order chi connectivity index (χ0) is 14.7. The maximum Gasteiger partial charge on any atom is 0.274 e. The minimum atomic E-state index is -0.884. The smallest absolute Gasteiger partial charge is 0.274 e. The molecule has 1 heterocycles. The van der Waals surface area contributed by atoms with Gasteiger partial charge in [-0.25, -0.2) is 13.8 Å². The first kappa shape index (κ1) is 14.4. The van der Waals surface area contributed by atoms with Crippen molar-refractivity contribution in [2.45, 2.75) is 0 Å². The van der Waals surface area contributed by atoms with Crippen LogP contribution in [0.2, 0.25) is 0 Å². The number of nitrogens with two attached hydrogens (primary N) is 1. The van der Waals surface area contributed by atoms with E-state index in [4.69, 9.17) is 5.84 Å². The number of hydrogen-bond donors (Lipinski definition) is 3. The summed E-state index contributed by atoms with van der Waals surface area (Å²) in [5.41, 5.74) is 2.80. The number of aromatic nitrogens is 1. The van der Waals surface area contributed by atoms with E-state index >= 15 is 0 Å². The molecule has 0 spiro atoms. The Morgan fingerprint density at radius 1 is 1.30 bits per heavy atom. The molecular weight excluding hydrogens is 334 g/mol. The third kappa shape index (κ3) is 3.09. The summed E-state index contributed by atoms with van der Waals surface area (Å²) in [6.45, 7) is 0. The second-order valence-electron chi connectivity index (χ2n) is 3.78. The van der Waals surface area contributed by atoms with Crippen LogP contribution in [0.5, 0.6) is 0 Å². The molecule has 0 atom stereocenters. The van der Waals surface area contributed by atoms with Gasteiger partial charge in [-0.1, -0.05) is 0 Å². The molecule has 1 amide bonds. The number of halogens is 3. The van der Waals surface area contributed by atoms with Gasteiger partial charge in [0.25, 0.3) is 5.91 Å². The van der Waals surface area contributed by atoms with Gasteiger partial charge in [0, 0.05) is 10.5 Å². The molecule has 2 rings (SSSR count). The lowest BCUT2D eigenvalue weighted by Gasteiger charge is -2.08. The van der Waals surface area contributed by atoms with Crippen molar-refractivity contribution in [1.29, 1.82) is 0 Å². The molecule has 0 aliphatic carbocycles. The van der Waals surface area contributed by atoms with Crippen molar-refractivity contribution in [1.82, 2.24) is 4.98 Å². The lowest BCUT2D eigenvalue weighted by atomic mass is 10.2. The SMILES string of the molecule is NNc1ccc(C(=O)Nc2c(F)cc(F)cc2Br)nc1. The molecule has 0 unspecified atom stereocenters. The fourth-order valence-electron chi connectivity index (χ4n) is 1.45. The molecule has 1 aromatic heterocycles. The average molecular weight is 343 g/mol. The molecule has 1 aromatic carbocycles. The third-order valence-corrected chi connectivity index (χ3v) is 3.03. The van der Waals surface area contributed by atoms with E-state index in [1.165, 1.54) is 18.3 Å². The lowest BCUT2D eigenvalue weighted by molar-refractivity contribution is 0.102. The van der Waals surface area contributed by atoms with E-state index in [2.05, 4.69) is 31.7 Å². The Labute approximate surface area is 121 Å². The Morgan fingerprint density at radius 3 is 2.60 bits per heavy atom. The Morgan fingerprint density at radius 2 is 2.05 bits per heavy atom. The summed E-state index contributed by atoms with van der Waals surface area (Å²) < 4.78 is 26.6. The Hall–Kier alpha value is -2.06. The van der Waals surface area contributed by atoms with Gasteiger partial charge in [-0.05, 0) is 34.1 Å². The first-order valence-corrected chi connectivity index (χ1v) is 6.19. The highest BCUT2D eigenvalue weighted by atomic mass is 79.9. The van der Waals surface area contributed by atoms with Gasteiger partial charge in [-0.15, -0.1) is 0 Å². The number of pyridine rings is 1. The second-order valence-corrected chi connectivity index (χ2v) is 4.63. The van der Waals surface area contributed by atoms with E-state index in [9.17, 15) is 13.6 Å². The molecule has 0 radical (unpaired) electrons. The predicted molar refractivity (Wildman–Crippen MR) is 74.1 cm³/mol. The van der Waals surface area contributed by atoms with E-state index in [1.807, 2.05) is 0 Å². The Bertz CT molecular complexity index is 625. The maximum atomic E-state index is 13.6. The number of hydrazine groups is 1. The first-order valence-electron chi connectivity index (χ1n) is 5.40. The monoisotopic (exact) mass is 342 g/mol. The molecule has 8 heteroatoms. The number of nitrogens with zero attached hydrogens (tertiary/aromatic N) is 1. The average Bonchev–Trinajstić information content (AvgIpc) is 2.42. The number of hydrogen-bond acceptors (Lipinski definition) is 4. The highest BCUT2D eigenvalue weighted by Crippen LogP contribution is 2.27. The van der Waals surface area contributed by atoms with Crippen LogP contribution in [0.15, 0.2) is 34.9 Å². The van der Waals surface area contributed by atoms with Crippen LogP contribution in [0.3, 0.4) is 0 Å². The molecule has 104 valence electrons. The topological polar surface area (TPSA) is 80.0 Å². The van der Waals surface area contributed by atoms with Crippen LogP contribution in [-0.4, -0.2) is 10.9 Å². The van der Waals surface area contributed by atoms with Gasteiger partial charge in [-0.3, -0.25) is 10.6 Å². The molecule has 20 heavy (non-hydrogen) atoms. The largest absolute Gasteiger partial charge is 0.323 e. The van der Waals surface area contributed by atoms with E-state index in [0.717, 1.165) is 6.07 Å². The minimum absolute atomic E-state index is 0.0691. The summed E-state index contributed by atoms with van der Waals surface area (Å²) in [7, 11) is 0. The van der Waals surface area contributed by atoms with E-state index < -0.39 is 17.5 Å². The van der Waals surface area contributed by atoms with E-state index in [-0.39, 0.29) is 15.9 Å². The normalized spacial score (nSPS) is 10.2. The van der Waals surface area contributed by atoms with Crippen molar-refractivity contribution >= 4 is 33.2 Å². The van der Waals surface area contributed by atoms with Crippen LogP contribution in [0.4, 0.5) is 20.2 Å². The summed E-state index contributed by atoms with van der Waals surface area (Å²) in [5, 5.41) is 2.32. The number of amides is 1. The number of anilines is 2. The summed E-state index contributed by atoms with van der Waals surface area (Å²) in [6.07, 6.45) is 1.35.